The van der Waals surface area contributed by atoms with E-state index in [4.69, 9.17) is 4.74 Å². The summed E-state index contributed by atoms with van der Waals surface area (Å²) < 4.78 is 7.29. The van der Waals surface area contributed by atoms with Crippen LogP contribution >= 0.6 is 0 Å². The molecule has 1 N–H and O–H groups in total. The number of anilines is 1. The molecule has 0 saturated heterocycles. The fourth-order valence-electron chi connectivity index (χ4n) is 1.81. The summed E-state index contributed by atoms with van der Waals surface area (Å²) in [5.74, 6) is 0.853. The molecular formula is C15H21N3O. The van der Waals surface area contributed by atoms with Gasteiger partial charge in [-0.05, 0) is 32.9 Å². The summed E-state index contributed by atoms with van der Waals surface area (Å²) in [5, 5.41) is 7.75. The van der Waals surface area contributed by atoms with Gasteiger partial charge in [0.05, 0.1) is 24.5 Å². The summed E-state index contributed by atoms with van der Waals surface area (Å²) in [6.07, 6.45) is 3.97. The Morgan fingerprint density at radius 2 is 2.00 bits per heavy atom. The zero-order chi connectivity index (χ0) is 13.9. The maximum absolute atomic E-state index is 5.31. The van der Waals surface area contributed by atoms with E-state index in [1.54, 1.807) is 7.11 Å². The molecule has 0 unspecified atom stereocenters. The third-order valence-electron chi connectivity index (χ3n) is 2.91. The minimum atomic E-state index is 0.0166. The molecule has 1 heterocycles. The Morgan fingerprint density at radius 3 is 2.63 bits per heavy atom. The largest absolute Gasteiger partial charge is 0.495 e. The van der Waals surface area contributed by atoms with E-state index in [9.17, 15) is 0 Å². The van der Waals surface area contributed by atoms with Crippen LogP contribution in [0.15, 0.2) is 36.7 Å². The van der Waals surface area contributed by atoms with E-state index in [2.05, 4.69) is 37.4 Å². The minimum absolute atomic E-state index is 0.0166. The van der Waals surface area contributed by atoms with Crippen LogP contribution in [0.5, 0.6) is 5.75 Å². The Hall–Kier alpha value is -1.97. The molecular weight excluding hydrogens is 238 g/mol. The summed E-state index contributed by atoms with van der Waals surface area (Å²) >= 11 is 0. The maximum atomic E-state index is 5.31. The van der Waals surface area contributed by atoms with Gasteiger partial charge in [0, 0.05) is 18.3 Å². The lowest BCUT2D eigenvalue weighted by atomic mass is 10.1. The number of hydrogen-bond donors (Lipinski definition) is 1. The van der Waals surface area contributed by atoms with Crippen molar-refractivity contribution >= 4 is 5.69 Å². The van der Waals surface area contributed by atoms with Crippen LogP contribution < -0.4 is 10.1 Å². The van der Waals surface area contributed by atoms with E-state index in [-0.39, 0.29) is 5.54 Å². The van der Waals surface area contributed by atoms with Crippen molar-refractivity contribution in [1.29, 1.82) is 0 Å². The van der Waals surface area contributed by atoms with Crippen molar-refractivity contribution < 1.29 is 4.74 Å². The van der Waals surface area contributed by atoms with Crippen molar-refractivity contribution in [3.8, 4) is 5.75 Å². The molecule has 1 aromatic carbocycles. The molecule has 0 saturated carbocycles. The van der Waals surface area contributed by atoms with Crippen LogP contribution in [0.3, 0.4) is 0 Å². The number of nitrogens with zero attached hydrogens (tertiary/aromatic N) is 2. The number of aromatic nitrogens is 2. The first-order valence-electron chi connectivity index (χ1n) is 6.41. The number of nitrogens with one attached hydrogen (secondary N) is 1. The van der Waals surface area contributed by atoms with Crippen molar-refractivity contribution in [2.75, 3.05) is 12.4 Å². The number of benzene rings is 1. The van der Waals surface area contributed by atoms with Crippen LogP contribution in [-0.4, -0.2) is 16.9 Å². The zero-order valence-corrected chi connectivity index (χ0v) is 12.0. The van der Waals surface area contributed by atoms with Gasteiger partial charge in [-0.25, -0.2) is 0 Å². The average Bonchev–Trinajstić information content (AvgIpc) is 2.85. The summed E-state index contributed by atoms with van der Waals surface area (Å²) in [5.41, 5.74) is 2.16. The molecule has 4 nitrogen and oxygen atoms in total. The number of para-hydroxylation sites is 2. The van der Waals surface area contributed by atoms with E-state index >= 15 is 0 Å². The fraction of sp³-hybridized carbons (Fsp3) is 0.400. The highest BCUT2D eigenvalue weighted by molar-refractivity contribution is 5.56. The predicted octanol–water partition coefficient (Wildman–Crippen LogP) is 3.26. The van der Waals surface area contributed by atoms with Crippen LogP contribution in [0.25, 0.3) is 0 Å². The van der Waals surface area contributed by atoms with Crippen molar-refractivity contribution in [3.63, 3.8) is 0 Å². The van der Waals surface area contributed by atoms with Gasteiger partial charge in [0.25, 0.3) is 0 Å². The van der Waals surface area contributed by atoms with Gasteiger partial charge in [0.15, 0.2) is 0 Å². The van der Waals surface area contributed by atoms with E-state index in [1.165, 1.54) is 0 Å². The van der Waals surface area contributed by atoms with Crippen molar-refractivity contribution in [2.24, 2.45) is 0 Å². The lowest BCUT2D eigenvalue weighted by Crippen LogP contribution is -2.21. The predicted molar refractivity (Wildman–Crippen MR) is 77.5 cm³/mol. The molecule has 4 heteroatoms. The topological polar surface area (TPSA) is 39.1 Å². The van der Waals surface area contributed by atoms with E-state index < -0.39 is 0 Å². The quantitative estimate of drug-likeness (QED) is 0.916. The number of methoxy groups -OCH3 is 1. The fourth-order valence-corrected chi connectivity index (χ4v) is 1.81. The third-order valence-corrected chi connectivity index (χ3v) is 2.91. The Balaban J connectivity index is 2.05. The van der Waals surface area contributed by atoms with Crippen LogP contribution in [0.2, 0.25) is 0 Å². The smallest absolute Gasteiger partial charge is 0.141 e. The monoisotopic (exact) mass is 259 g/mol. The molecule has 0 amide bonds. The van der Waals surface area contributed by atoms with Crippen molar-refractivity contribution in [3.05, 3.63) is 42.2 Å². The van der Waals surface area contributed by atoms with Crippen LogP contribution in [0.1, 0.15) is 26.3 Å². The molecule has 2 rings (SSSR count). The Bertz CT molecular complexity index is 540. The first kappa shape index (κ1) is 13.5. The van der Waals surface area contributed by atoms with Gasteiger partial charge < -0.3 is 10.1 Å². The lowest BCUT2D eigenvalue weighted by molar-refractivity contribution is 0.355. The second kappa shape index (κ2) is 5.34. The molecule has 0 atom stereocenters. The molecule has 0 aliphatic carbocycles. The van der Waals surface area contributed by atoms with Crippen LogP contribution in [0.4, 0.5) is 5.69 Å². The van der Waals surface area contributed by atoms with Crippen LogP contribution in [-0.2, 0) is 12.1 Å². The molecule has 0 radical (unpaired) electrons. The summed E-state index contributed by atoms with van der Waals surface area (Å²) in [6, 6.07) is 7.90. The molecule has 0 fully saturated rings. The first-order chi connectivity index (χ1) is 9.00. The lowest BCUT2D eigenvalue weighted by Gasteiger charge is -2.18. The third kappa shape index (κ3) is 3.28. The molecule has 0 aliphatic heterocycles. The minimum Gasteiger partial charge on any atom is -0.495 e. The molecule has 0 aliphatic rings. The Labute approximate surface area is 114 Å². The van der Waals surface area contributed by atoms with Crippen LogP contribution in [0, 0.1) is 0 Å². The highest BCUT2D eigenvalue weighted by Gasteiger charge is 2.13. The van der Waals surface area contributed by atoms with Gasteiger partial charge in [0.2, 0.25) is 0 Å². The van der Waals surface area contributed by atoms with Gasteiger partial charge in [-0.3, -0.25) is 4.68 Å². The second-order valence-electron chi connectivity index (χ2n) is 5.52. The number of ether oxygens (including phenoxy) is 1. The molecule has 0 spiro atoms. The standard InChI is InChI=1S/C15H21N3O/c1-15(2,3)18-11-12(10-17-18)9-16-13-7-5-6-8-14(13)19-4/h5-8,10-11,16H,9H2,1-4H3. The summed E-state index contributed by atoms with van der Waals surface area (Å²) in [7, 11) is 1.68. The molecule has 1 aromatic heterocycles. The Kier molecular flexibility index (Phi) is 3.79. The SMILES string of the molecule is COc1ccccc1NCc1cnn(C(C)(C)C)c1. The zero-order valence-electron chi connectivity index (χ0n) is 12.0. The molecule has 2 aromatic rings. The van der Waals surface area contributed by atoms with Gasteiger partial charge in [0.1, 0.15) is 5.75 Å². The normalized spacial score (nSPS) is 11.4. The summed E-state index contributed by atoms with van der Waals surface area (Å²) in [6.45, 7) is 7.14. The number of hydrogen-bond acceptors (Lipinski definition) is 3. The van der Waals surface area contributed by atoms with Gasteiger partial charge in [-0.1, -0.05) is 12.1 Å². The summed E-state index contributed by atoms with van der Waals surface area (Å²) in [4.78, 5) is 0. The van der Waals surface area contributed by atoms with Gasteiger partial charge in [-0.2, -0.15) is 5.10 Å². The average molecular weight is 259 g/mol. The van der Waals surface area contributed by atoms with Gasteiger partial charge in [-0.15, -0.1) is 0 Å². The van der Waals surface area contributed by atoms with E-state index in [0.717, 1.165) is 23.5 Å². The number of rotatable bonds is 4. The Morgan fingerprint density at radius 1 is 1.26 bits per heavy atom. The highest BCUT2D eigenvalue weighted by atomic mass is 16.5. The highest BCUT2D eigenvalue weighted by Crippen LogP contribution is 2.23. The maximum Gasteiger partial charge on any atom is 0.141 e. The molecule has 19 heavy (non-hydrogen) atoms. The van der Waals surface area contributed by atoms with E-state index in [1.807, 2.05) is 35.1 Å². The van der Waals surface area contributed by atoms with Crippen molar-refractivity contribution in [1.82, 2.24) is 9.78 Å². The second-order valence-corrected chi connectivity index (χ2v) is 5.52. The van der Waals surface area contributed by atoms with Gasteiger partial charge >= 0.3 is 0 Å². The van der Waals surface area contributed by atoms with E-state index in [0.29, 0.717) is 0 Å². The molecule has 102 valence electrons. The first-order valence-corrected chi connectivity index (χ1v) is 6.41. The molecule has 0 bridgehead atoms. The van der Waals surface area contributed by atoms with Crippen molar-refractivity contribution in [2.45, 2.75) is 32.9 Å².